The van der Waals surface area contributed by atoms with Crippen molar-refractivity contribution in [3.8, 4) is 12.3 Å². The highest BCUT2D eigenvalue weighted by Gasteiger charge is 2.14. The number of nitrogens with one attached hydrogen (secondary N) is 1. The molecule has 5 heteroatoms. The second kappa shape index (κ2) is 5.13. The summed E-state index contributed by atoms with van der Waals surface area (Å²) in [6.45, 7) is 0.843. The van der Waals surface area contributed by atoms with Crippen LogP contribution in [0.3, 0.4) is 0 Å². The zero-order chi connectivity index (χ0) is 10.4. The minimum atomic E-state index is -2.38. The molecule has 0 bridgehead atoms. The third-order valence-electron chi connectivity index (χ3n) is 1.92. The average molecular weight is 214 g/mol. The van der Waals surface area contributed by atoms with E-state index in [0.29, 0.717) is 11.6 Å². The Morgan fingerprint density at radius 3 is 3.07 bits per heavy atom. The lowest BCUT2D eigenvalue weighted by atomic mass is 10.3. The van der Waals surface area contributed by atoms with Crippen molar-refractivity contribution in [2.45, 2.75) is 19.3 Å². The number of carbonyl (C=O) groups excluding carboxylic acids is 1. The zero-order valence-electron chi connectivity index (χ0n) is 7.99. The molecule has 4 nitrogen and oxygen atoms in total. The van der Waals surface area contributed by atoms with E-state index >= 15 is 0 Å². The molecule has 1 aliphatic rings. The minimum Gasteiger partial charge on any atom is -0.305 e. The highest BCUT2D eigenvalue weighted by atomic mass is 32.2. The Morgan fingerprint density at radius 2 is 2.36 bits per heavy atom. The molecule has 0 aromatic rings. The van der Waals surface area contributed by atoms with Gasteiger partial charge in [0.25, 0.3) is 5.91 Å². The van der Waals surface area contributed by atoms with Crippen LogP contribution in [0, 0.1) is 12.3 Å². The van der Waals surface area contributed by atoms with E-state index in [1.54, 1.807) is 0 Å². The first kappa shape index (κ1) is 11.2. The fourth-order valence-electron chi connectivity index (χ4n) is 1.26. The Balaban J connectivity index is 2.76. The van der Waals surface area contributed by atoms with Crippen molar-refractivity contribution < 1.29 is 9.00 Å². The molecule has 0 aliphatic carbocycles. The molecule has 1 saturated heterocycles. The SMILES string of the molecule is C#CCC(=O)N=S1(=O)CCCCNC1. The van der Waals surface area contributed by atoms with E-state index < -0.39 is 15.6 Å². The van der Waals surface area contributed by atoms with Crippen molar-refractivity contribution >= 4 is 15.6 Å². The topological polar surface area (TPSA) is 58.5 Å². The first-order chi connectivity index (χ1) is 6.66. The van der Waals surface area contributed by atoms with Gasteiger partial charge < -0.3 is 5.32 Å². The van der Waals surface area contributed by atoms with E-state index in [-0.39, 0.29) is 6.42 Å². The third kappa shape index (κ3) is 3.48. The summed E-state index contributed by atoms with van der Waals surface area (Å²) in [5, 5.41) is 3.01. The van der Waals surface area contributed by atoms with Gasteiger partial charge in [0, 0.05) is 5.75 Å². The number of hydrogen-bond donors (Lipinski definition) is 1. The molecule has 0 aromatic heterocycles. The number of amides is 1. The van der Waals surface area contributed by atoms with Crippen molar-refractivity contribution in [3.05, 3.63) is 0 Å². The number of hydrogen-bond acceptors (Lipinski definition) is 3. The summed E-state index contributed by atoms with van der Waals surface area (Å²) in [7, 11) is -2.38. The first-order valence-electron chi connectivity index (χ1n) is 4.56. The summed E-state index contributed by atoms with van der Waals surface area (Å²) in [6.07, 6.45) is 6.74. The molecule has 14 heavy (non-hydrogen) atoms. The molecule has 1 atom stereocenters. The maximum atomic E-state index is 12.0. The van der Waals surface area contributed by atoms with Crippen molar-refractivity contribution in [2.75, 3.05) is 18.2 Å². The smallest absolute Gasteiger partial charge is 0.265 e. The highest BCUT2D eigenvalue weighted by Crippen LogP contribution is 2.05. The van der Waals surface area contributed by atoms with Gasteiger partial charge in [0.05, 0.1) is 22.0 Å². The van der Waals surface area contributed by atoms with E-state index in [4.69, 9.17) is 6.42 Å². The second-order valence-corrected chi connectivity index (χ2v) is 5.62. The standard InChI is InChI=1S/C9H14N2O2S/c1-2-5-9(12)11-14(13)7-4-3-6-10-8-14/h1,10H,3-8H2. The Kier molecular flexibility index (Phi) is 4.11. The van der Waals surface area contributed by atoms with Gasteiger partial charge in [-0.05, 0) is 19.4 Å². The van der Waals surface area contributed by atoms with Crippen LogP contribution >= 0.6 is 0 Å². The maximum absolute atomic E-state index is 12.0. The van der Waals surface area contributed by atoms with Gasteiger partial charge in [-0.1, -0.05) is 5.92 Å². The molecule has 1 N–H and O–H groups in total. The molecule has 0 aromatic carbocycles. The molecule has 1 unspecified atom stereocenters. The van der Waals surface area contributed by atoms with Crippen LogP contribution in [-0.2, 0) is 14.5 Å². The van der Waals surface area contributed by atoms with Crippen LogP contribution in [0.4, 0.5) is 0 Å². The number of rotatable bonds is 1. The van der Waals surface area contributed by atoms with Gasteiger partial charge in [0.1, 0.15) is 0 Å². The Hall–Kier alpha value is -0.860. The lowest BCUT2D eigenvalue weighted by Gasteiger charge is -2.04. The number of terminal acetylenes is 1. The molecule has 78 valence electrons. The van der Waals surface area contributed by atoms with E-state index in [1.165, 1.54) is 0 Å². The Labute approximate surface area is 84.6 Å². The molecule has 1 rings (SSSR count). The van der Waals surface area contributed by atoms with Crippen LogP contribution in [0.2, 0.25) is 0 Å². The van der Waals surface area contributed by atoms with E-state index in [1.807, 2.05) is 0 Å². The second-order valence-electron chi connectivity index (χ2n) is 3.19. The lowest BCUT2D eigenvalue weighted by Crippen LogP contribution is -2.22. The van der Waals surface area contributed by atoms with Gasteiger partial charge in [-0.2, -0.15) is 4.36 Å². The van der Waals surface area contributed by atoms with Crippen molar-refractivity contribution in [3.63, 3.8) is 0 Å². The van der Waals surface area contributed by atoms with Crippen LogP contribution in [0.25, 0.3) is 0 Å². The summed E-state index contributed by atoms with van der Waals surface area (Å²) in [5.74, 6) is 2.56. The normalized spacial score (nSPS) is 27.4. The summed E-state index contributed by atoms with van der Waals surface area (Å²) >= 11 is 0. The molecule has 1 heterocycles. The highest BCUT2D eigenvalue weighted by molar-refractivity contribution is 7.93. The molecule has 1 amide bonds. The Bertz CT molecular complexity index is 347. The van der Waals surface area contributed by atoms with Gasteiger partial charge >= 0.3 is 0 Å². The first-order valence-corrected chi connectivity index (χ1v) is 6.41. The third-order valence-corrected chi connectivity index (χ3v) is 4.03. The van der Waals surface area contributed by atoms with Crippen LogP contribution in [0.5, 0.6) is 0 Å². The molecular weight excluding hydrogens is 200 g/mol. The number of carbonyl (C=O) groups is 1. The largest absolute Gasteiger partial charge is 0.305 e. The van der Waals surface area contributed by atoms with Crippen LogP contribution in [0.15, 0.2) is 4.36 Å². The average Bonchev–Trinajstić information content (AvgIpc) is 2.30. The van der Waals surface area contributed by atoms with Gasteiger partial charge in [0.2, 0.25) is 0 Å². The molecule has 0 radical (unpaired) electrons. The summed E-state index contributed by atoms with van der Waals surface area (Å²) < 4.78 is 15.7. The molecule has 0 spiro atoms. The van der Waals surface area contributed by atoms with Crippen molar-refractivity contribution in [2.24, 2.45) is 4.36 Å². The maximum Gasteiger partial charge on any atom is 0.265 e. The summed E-state index contributed by atoms with van der Waals surface area (Å²) in [5.41, 5.74) is 0. The quantitative estimate of drug-likeness (QED) is 0.641. The summed E-state index contributed by atoms with van der Waals surface area (Å²) in [4.78, 5) is 11.1. The predicted octanol–water partition coefficient (Wildman–Crippen LogP) is 0.345. The van der Waals surface area contributed by atoms with Crippen LogP contribution in [-0.4, -0.2) is 28.3 Å². The van der Waals surface area contributed by atoms with Crippen LogP contribution in [0.1, 0.15) is 19.3 Å². The van der Waals surface area contributed by atoms with Crippen LogP contribution < -0.4 is 5.32 Å². The zero-order valence-corrected chi connectivity index (χ0v) is 8.81. The molecule has 1 aliphatic heterocycles. The minimum absolute atomic E-state index is 0.0585. The monoisotopic (exact) mass is 214 g/mol. The molecular formula is C9H14N2O2S. The number of nitrogens with zero attached hydrogens (tertiary/aromatic N) is 1. The van der Waals surface area contributed by atoms with Crippen molar-refractivity contribution in [1.29, 1.82) is 0 Å². The fourth-order valence-corrected chi connectivity index (χ4v) is 3.12. The lowest BCUT2D eigenvalue weighted by molar-refractivity contribution is -0.116. The van der Waals surface area contributed by atoms with Gasteiger partial charge in [-0.25, -0.2) is 4.21 Å². The van der Waals surface area contributed by atoms with Gasteiger partial charge in [0.15, 0.2) is 0 Å². The van der Waals surface area contributed by atoms with E-state index in [0.717, 1.165) is 19.4 Å². The molecule has 1 fully saturated rings. The van der Waals surface area contributed by atoms with E-state index in [2.05, 4.69) is 15.6 Å². The fraction of sp³-hybridized carbons (Fsp3) is 0.667. The molecule has 0 saturated carbocycles. The van der Waals surface area contributed by atoms with Gasteiger partial charge in [-0.3, -0.25) is 4.79 Å². The summed E-state index contributed by atoms with van der Waals surface area (Å²) in [6, 6.07) is 0. The van der Waals surface area contributed by atoms with Gasteiger partial charge in [-0.15, -0.1) is 6.42 Å². The predicted molar refractivity (Wildman–Crippen MR) is 56.0 cm³/mol. The van der Waals surface area contributed by atoms with Crippen molar-refractivity contribution in [1.82, 2.24) is 5.32 Å². The Morgan fingerprint density at radius 1 is 1.57 bits per heavy atom. The van der Waals surface area contributed by atoms with E-state index in [9.17, 15) is 9.00 Å².